The number of esters is 1. The molecule has 1 N–H and O–H groups in total. The largest absolute Gasteiger partial charge is 0.465 e. The van der Waals surface area contributed by atoms with E-state index in [1.165, 1.54) is 7.11 Å². The van der Waals surface area contributed by atoms with Crippen LogP contribution in [0.15, 0.2) is 54.7 Å². The van der Waals surface area contributed by atoms with Gasteiger partial charge in [-0.15, -0.1) is 0 Å². The number of carbonyl (C=O) groups excluding carboxylic acids is 2. The van der Waals surface area contributed by atoms with Crippen molar-refractivity contribution < 1.29 is 14.3 Å². The number of nitrogens with zero attached hydrogens (tertiary/aromatic N) is 2. The van der Waals surface area contributed by atoms with Gasteiger partial charge in [0, 0.05) is 6.54 Å². The fraction of sp³-hybridized carbons (Fsp3) is 0.190. The molecular formula is C21H21N3O3. The predicted molar refractivity (Wildman–Crippen MR) is 102 cm³/mol. The molecule has 1 amide bonds. The summed E-state index contributed by atoms with van der Waals surface area (Å²) in [5, 5.41) is 7.23. The highest BCUT2D eigenvalue weighted by atomic mass is 16.5. The zero-order chi connectivity index (χ0) is 19.4. The first-order valence-electron chi connectivity index (χ1n) is 8.56. The molecule has 1 heterocycles. The molecule has 0 atom stereocenters. The molecule has 1 aromatic heterocycles. The lowest BCUT2D eigenvalue weighted by molar-refractivity contribution is 0.0600. The van der Waals surface area contributed by atoms with Crippen molar-refractivity contribution in [3.8, 4) is 5.69 Å². The molecule has 0 unspecified atom stereocenters. The maximum Gasteiger partial charge on any atom is 0.337 e. The van der Waals surface area contributed by atoms with Gasteiger partial charge >= 0.3 is 5.97 Å². The van der Waals surface area contributed by atoms with Gasteiger partial charge in [0.05, 0.1) is 35.8 Å². The van der Waals surface area contributed by atoms with Crippen molar-refractivity contribution in [2.45, 2.75) is 20.4 Å². The second kappa shape index (κ2) is 7.86. The van der Waals surface area contributed by atoms with E-state index in [1.54, 1.807) is 35.1 Å². The Labute approximate surface area is 157 Å². The number of benzene rings is 2. The van der Waals surface area contributed by atoms with Crippen molar-refractivity contribution in [3.05, 3.63) is 82.7 Å². The third-order valence-corrected chi connectivity index (χ3v) is 4.33. The van der Waals surface area contributed by atoms with E-state index in [0.29, 0.717) is 17.7 Å². The zero-order valence-electron chi connectivity index (χ0n) is 15.5. The van der Waals surface area contributed by atoms with Crippen molar-refractivity contribution in [2.75, 3.05) is 7.11 Å². The Kier molecular flexibility index (Phi) is 5.35. The summed E-state index contributed by atoms with van der Waals surface area (Å²) in [4.78, 5) is 24.0. The quantitative estimate of drug-likeness (QED) is 0.707. The number of hydrogen-bond acceptors (Lipinski definition) is 4. The van der Waals surface area contributed by atoms with Crippen molar-refractivity contribution in [3.63, 3.8) is 0 Å². The topological polar surface area (TPSA) is 73.2 Å². The Morgan fingerprint density at radius 1 is 1.11 bits per heavy atom. The lowest BCUT2D eigenvalue weighted by Crippen LogP contribution is -2.23. The smallest absolute Gasteiger partial charge is 0.337 e. The Morgan fingerprint density at radius 2 is 1.85 bits per heavy atom. The van der Waals surface area contributed by atoms with Crippen LogP contribution in [0.25, 0.3) is 5.69 Å². The maximum absolute atomic E-state index is 12.5. The molecule has 2 aromatic carbocycles. The number of rotatable bonds is 5. The van der Waals surface area contributed by atoms with E-state index in [0.717, 1.165) is 22.5 Å². The average molecular weight is 363 g/mol. The van der Waals surface area contributed by atoms with Crippen LogP contribution in [0.5, 0.6) is 0 Å². The number of aromatic nitrogens is 2. The summed E-state index contributed by atoms with van der Waals surface area (Å²) in [6.45, 7) is 4.24. The fourth-order valence-electron chi connectivity index (χ4n) is 2.81. The normalized spacial score (nSPS) is 10.5. The minimum atomic E-state index is -0.384. The third-order valence-electron chi connectivity index (χ3n) is 4.33. The van der Waals surface area contributed by atoms with Gasteiger partial charge in [-0.3, -0.25) is 4.79 Å². The van der Waals surface area contributed by atoms with Gasteiger partial charge in [-0.1, -0.05) is 24.3 Å². The van der Waals surface area contributed by atoms with Crippen LogP contribution in [0.2, 0.25) is 0 Å². The second-order valence-electron chi connectivity index (χ2n) is 6.27. The molecule has 6 nitrogen and oxygen atoms in total. The summed E-state index contributed by atoms with van der Waals surface area (Å²) in [6, 6.07) is 14.9. The number of aryl methyl sites for hydroxylation is 1. The van der Waals surface area contributed by atoms with Crippen LogP contribution < -0.4 is 5.32 Å². The average Bonchev–Trinajstić information content (AvgIpc) is 3.07. The van der Waals surface area contributed by atoms with Crippen molar-refractivity contribution in [1.29, 1.82) is 0 Å². The first kappa shape index (κ1) is 18.4. The van der Waals surface area contributed by atoms with Crippen molar-refractivity contribution in [1.82, 2.24) is 15.1 Å². The second-order valence-corrected chi connectivity index (χ2v) is 6.27. The first-order valence-corrected chi connectivity index (χ1v) is 8.56. The summed E-state index contributed by atoms with van der Waals surface area (Å²) < 4.78 is 6.43. The molecule has 0 saturated heterocycles. The minimum absolute atomic E-state index is 0.191. The van der Waals surface area contributed by atoms with Gasteiger partial charge in [-0.05, 0) is 49.2 Å². The Morgan fingerprint density at radius 3 is 2.52 bits per heavy atom. The fourth-order valence-corrected chi connectivity index (χ4v) is 2.81. The van der Waals surface area contributed by atoms with Crippen LogP contribution in [0.1, 0.15) is 37.5 Å². The molecule has 0 aliphatic carbocycles. The van der Waals surface area contributed by atoms with E-state index in [4.69, 9.17) is 0 Å². The van der Waals surface area contributed by atoms with Crippen LogP contribution in [0.3, 0.4) is 0 Å². The van der Waals surface area contributed by atoms with Crippen LogP contribution in [0.4, 0.5) is 0 Å². The highest BCUT2D eigenvalue weighted by Gasteiger charge is 2.15. The van der Waals surface area contributed by atoms with Gasteiger partial charge in [0.2, 0.25) is 0 Å². The lowest BCUT2D eigenvalue weighted by atomic mass is 10.1. The van der Waals surface area contributed by atoms with Gasteiger partial charge in [-0.25, -0.2) is 9.48 Å². The van der Waals surface area contributed by atoms with E-state index >= 15 is 0 Å². The summed E-state index contributed by atoms with van der Waals surface area (Å²) in [6.07, 6.45) is 1.58. The van der Waals surface area contributed by atoms with Crippen LogP contribution >= 0.6 is 0 Å². The summed E-state index contributed by atoms with van der Waals surface area (Å²) in [5.74, 6) is -0.576. The van der Waals surface area contributed by atoms with Gasteiger partial charge in [-0.2, -0.15) is 5.10 Å². The Bertz CT molecular complexity index is 975. The number of hydrogen-bond donors (Lipinski definition) is 1. The number of carbonyl (C=O) groups is 2. The molecule has 0 spiro atoms. The molecule has 138 valence electrons. The monoisotopic (exact) mass is 363 g/mol. The van der Waals surface area contributed by atoms with Crippen LogP contribution in [-0.4, -0.2) is 28.8 Å². The SMILES string of the molecule is COC(=O)c1ccc(CNC(=O)c2cnn(-c3cccc(C)c3)c2C)cc1. The summed E-state index contributed by atoms with van der Waals surface area (Å²) in [7, 11) is 1.34. The molecular weight excluding hydrogens is 342 g/mol. The standard InChI is InChI=1S/C21H21N3O3/c1-14-5-4-6-18(11-14)24-15(2)19(13-23-24)20(25)22-12-16-7-9-17(10-8-16)21(26)27-3/h4-11,13H,12H2,1-3H3,(H,22,25). The Hall–Kier alpha value is -3.41. The molecule has 0 aliphatic heterocycles. The van der Waals surface area contributed by atoms with E-state index in [2.05, 4.69) is 15.2 Å². The van der Waals surface area contributed by atoms with Crippen LogP contribution in [-0.2, 0) is 11.3 Å². The van der Waals surface area contributed by atoms with E-state index in [1.807, 2.05) is 38.1 Å². The summed E-state index contributed by atoms with van der Waals surface area (Å²) >= 11 is 0. The Balaban J connectivity index is 1.69. The van der Waals surface area contributed by atoms with Crippen molar-refractivity contribution in [2.24, 2.45) is 0 Å². The molecule has 0 aliphatic rings. The first-order chi connectivity index (χ1) is 13.0. The van der Waals surface area contributed by atoms with E-state index in [-0.39, 0.29) is 11.9 Å². The number of methoxy groups -OCH3 is 1. The highest BCUT2D eigenvalue weighted by Crippen LogP contribution is 2.15. The van der Waals surface area contributed by atoms with E-state index < -0.39 is 0 Å². The molecule has 0 fully saturated rings. The highest BCUT2D eigenvalue weighted by molar-refractivity contribution is 5.95. The van der Waals surface area contributed by atoms with Crippen LogP contribution in [0, 0.1) is 13.8 Å². The maximum atomic E-state index is 12.5. The molecule has 3 rings (SSSR count). The lowest BCUT2D eigenvalue weighted by Gasteiger charge is -2.08. The van der Waals surface area contributed by atoms with Gasteiger partial charge < -0.3 is 10.1 Å². The zero-order valence-corrected chi connectivity index (χ0v) is 15.5. The number of ether oxygens (including phenoxy) is 1. The molecule has 0 radical (unpaired) electrons. The molecule has 27 heavy (non-hydrogen) atoms. The minimum Gasteiger partial charge on any atom is -0.465 e. The number of amides is 1. The summed E-state index contributed by atoms with van der Waals surface area (Å²) in [5.41, 5.74) is 4.72. The predicted octanol–water partition coefficient (Wildman–Crippen LogP) is 3.21. The molecule has 0 saturated carbocycles. The van der Waals surface area contributed by atoms with Gasteiger partial charge in [0.15, 0.2) is 0 Å². The van der Waals surface area contributed by atoms with Gasteiger partial charge in [0.1, 0.15) is 0 Å². The molecule has 6 heteroatoms. The van der Waals surface area contributed by atoms with E-state index in [9.17, 15) is 9.59 Å². The third kappa shape index (κ3) is 4.06. The number of nitrogens with one attached hydrogen (secondary N) is 1. The van der Waals surface area contributed by atoms with Gasteiger partial charge in [0.25, 0.3) is 5.91 Å². The molecule has 0 bridgehead atoms. The molecule has 3 aromatic rings. The van der Waals surface area contributed by atoms with Crippen molar-refractivity contribution >= 4 is 11.9 Å².